The van der Waals surface area contributed by atoms with E-state index in [1.807, 2.05) is 12.1 Å². The van der Waals surface area contributed by atoms with Crippen LogP contribution in [0.2, 0.25) is 0 Å². The first-order valence-corrected chi connectivity index (χ1v) is 9.70. The number of nitrogens with two attached hydrogens (primary N) is 1. The van der Waals surface area contributed by atoms with E-state index < -0.39 is 0 Å². The van der Waals surface area contributed by atoms with Crippen molar-refractivity contribution in [1.29, 1.82) is 0 Å². The highest BCUT2D eigenvalue weighted by atomic mass is 79.9. The molecule has 0 aliphatic carbocycles. The van der Waals surface area contributed by atoms with Gasteiger partial charge in [-0.3, -0.25) is 4.79 Å². The number of amides is 1. The lowest BCUT2D eigenvalue weighted by atomic mass is 10.1. The van der Waals surface area contributed by atoms with Crippen molar-refractivity contribution in [2.24, 2.45) is 5.73 Å². The smallest absolute Gasteiger partial charge is 0.217 e. The number of fused-ring (bicyclic) bond motifs is 1. The molecule has 0 aliphatic heterocycles. The number of thiophene rings is 1. The van der Waals surface area contributed by atoms with E-state index in [1.54, 1.807) is 29.4 Å². The summed E-state index contributed by atoms with van der Waals surface area (Å²) in [6.07, 6.45) is 2.76. The topological polar surface area (TPSA) is 68.9 Å². The molecule has 4 nitrogen and oxygen atoms in total. The highest BCUT2D eigenvalue weighted by molar-refractivity contribution is 9.10. The third-order valence-electron chi connectivity index (χ3n) is 3.30. The Morgan fingerprint density at radius 1 is 1.26 bits per heavy atom. The molecule has 0 unspecified atom stereocenters. The summed E-state index contributed by atoms with van der Waals surface area (Å²) in [5.41, 5.74) is 7.48. The van der Waals surface area contributed by atoms with Crippen LogP contribution in [0.4, 0.5) is 0 Å². The van der Waals surface area contributed by atoms with Crippen molar-refractivity contribution in [2.75, 3.05) is 5.75 Å². The van der Waals surface area contributed by atoms with Crippen LogP contribution in [0.1, 0.15) is 12.8 Å². The minimum absolute atomic E-state index is 0.260. The van der Waals surface area contributed by atoms with Crippen LogP contribution in [-0.2, 0) is 4.79 Å². The van der Waals surface area contributed by atoms with E-state index in [1.165, 1.54) is 0 Å². The van der Waals surface area contributed by atoms with Crippen LogP contribution in [-0.4, -0.2) is 21.6 Å². The van der Waals surface area contributed by atoms with Crippen molar-refractivity contribution in [2.45, 2.75) is 17.9 Å². The first-order valence-electron chi connectivity index (χ1n) is 7.04. The number of rotatable bonds is 6. The van der Waals surface area contributed by atoms with Crippen LogP contribution in [0, 0.1) is 0 Å². The predicted octanol–water partition coefficient (Wildman–Crippen LogP) is 4.48. The van der Waals surface area contributed by atoms with Crippen LogP contribution >= 0.6 is 39.0 Å². The molecule has 1 amide bonds. The van der Waals surface area contributed by atoms with Gasteiger partial charge in [-0.25, -0.2) is 9.97 Å². The number of halogens is 1. The fourth-order valence-electron chi connectivity index (χ4n) is 2.21. The van der Waals surface area contributed by atoms with E-state index in [9.17, 15) is 4.79 Å². The van der Waals surface area contributed by atoms with Crippen molar-refractivity contribution >= 4 is 55.2 Å². The number of carbonyl (C=O) groups excluding carboxylic acids is 1. The second-order valence-electron chi connectivity index (χ2n) is 4.93. The van der Waals surface area contributed by atoms with Gasteiger partial charge in [0.05, 0.1) is 5.39 Å². The molecule has 1 aromatic carbocycles. The van der Waals surface area contributed by atoms with E-state index in [2.05, 4.69) is 43.4 Å². The summed E-state index contributed by atoms with van der Waals surface area (Å²) in [6.45, 7) is 0. The van der Waals surface area contributed by atoms with Gasteiger partial charge in [0.25, 0.3) is 0 Å². The number of carbonyl (C=O) groups is 1. The molecule has 2 aromatic heterocycles. The molecule has 3 aromatic rings. The molecule has 3 rings (SSSR count). The van der Waals surface area contributed by atoms with Crippen molar-refractivity contribution in [3.05, 3.63) is 40.4 Å². The van der Waals surface area contributed by atoms with Crippen molar-refractivity contribution in [3.63, 3.8) is 0 Å². The lowest BCUT2D eigenvalue weighted by Gasteiger charge is -2.05. The summed E-state index contributed by atoms with van der Waals surface area (Å²) in [6, 6.07) is 8.23. The number of aromatic nitrogens is 2. The normalized spacial score (nSPS) is 11.0. The first-order chi connectivity index (χ1) is 11.1. The van der Waals surface area contributed by atoms with Crippen LogP contribution in [0.15, 0.2) is 45.5 Å². The second kappa shape index (κ2) is 7.42. The molecule has 0 aliphatic rings. The highest BCUT2D eigenvalue weighted by Gasteiger charge is 2.13. The number of primary amides is 1. The average molecular weight is 408 g/mol. The zero-order chi connectivity index (χ0) is 16.2. The van der Waals surface area contributed by atoms with Gasteiger partial charge in [0.2, 0.25) is 5.91 Å². The Labute approximate surface area is 150 Å². The summed E-state index contributed by atoms with van der Waals surface area (Å²) in [7, 11) is 0. The maximum absolute atomic E-state index is 10.8. The van der Waals surface area contributed by atoms with Gasteiger partial charge in [-0.15, -0.1) is 23.1 Å². The van der Waals surface area contributed by atoms with Crippen LogP contribution in [0.25, 0.3) is 21.3 Å². The van der Waals surface area contributed by atoms with Crippen LogP contribution in [0.5, 0.6) is 0 Å². The molecule has 0 fully saturated rings. The molecule has 7 heteroatoms. The summed E-state index contributed by atoms with van der Waals surface area (Å²) in [4.78, 5) is 20.6. The fourth-order valence-corrected chi connectivity index (χ4v) is 4.41. The highest BCUT2D eigenvalue weighted by Crippen LogP contribution is 2.38. The Morgan fingerprint density at radius 2 is 2.04 bits per heavy atom. The van der Waals surface area contributed by atoms with Crippen LogP contribution in [0.3, 0.4) is 0 Å². The molecular weight excluding hydrogens is 394 g/mol. The molecule has 23 heavy (non-hydrogen) atoms. The van der Waals surface area contributed by atoms with Crippen LogP contribution < -0.4 is 5.73 Å². The molecule has 0 bridgehead atoms. The van der Waals surface area contributed by atoms with E-state index in [-0.39, 0.29) is 5.91 Å². The molecule has 0 radical (unpaired) electrons. The van der Waals surface area contributed by atoms with Crippen molar-refractivity contribution in [1.82, 2.24) is 9.97 Å². The maximum atomic E-state index is 10.8. The van der Waals surface area contributed by atoms with Gasteiger partial charge in [-0.2, -0.15) is 0 Å². The van der Waals surface area contributed by atoms with Gasteiger partial charge >= 0.3 is 0 Å². The average Bonchev–Trinajstić information content (AvgIpc) is 2.97. The Morgan fingerprint density at radius 3 is 2.78 bits per heavy atom. The fraction of sp³-hybridized carbons (Fsp3) is 0.188. The lowest BCUT2D eigenvalue weighted by Crippen LogP contribution is -2.09. The Balaban J connectivity index is 1.91. The number of nitrogens with zero attached hydrogens (tertiary/aromatic N) is 2. The summed E-state index contributed by atoms with van der Waals surface area (Å²) >= 11 is 6.73. The third-order valence-corrected chi connectivity index (χ3v) is 5.79. The van der Waals surface area contributed by atoms with E-state index in [0.717, 1.165) is 43.0 Å². The van der Waals surface area contributed by atoms with Gasteiger partial charge < -0.3 is 5.73 Å². The predicted molar refractivity (Wildman–Crippen MR) is 99.7 cm³/mol. The summed E-state index contributed by atoms with van der Waals surface area (Å²) < 4.78 is 1.05. The molecule has 0 atom stereocenters. The molecule has 2 N–H and O–H groups in total. The van der Waals surface area contributed by atoms with E-state index in [4.69, 9.17) is 5.73 Å². The monoisotopic (exact) mass is 407 g/mol. The number of hydrogen-bond acceptors (Lipinski definition) is 5. The van der Waals surface area contributed by atoms with Gasteiger partial charge in [0.1, 0.15) is 16.2 Å². The van der Waals surface area contributed by atoms with Gasteiger partial charge in [-0.1, -0.05) is 28.1 Å². The third kappa shape index (κ3) is 3.91. The van der Waals surface area contributed by atoms with E-state index >= 15 is 0 Å². The molecule has 0 spiro atoms. The quantitative estimate of drug-likeness (QED) is 0.371. The van der Waals surface area contributed by atoms with Crippen molar-refractivity contribution in [3.8, 4) is 11.1 Å². The Kier molecular flexibility index (Phi) is 5.30. The van der Waals surface area contributed by atoms with Gasteiger partial charge in [0, 0.05) is 27.6 Å². The minimum Gasteiger partial charge on any atom is -0.370 e. The van der Waals surface area contributed by atoms with Gasteiger partial charge in [0.15, 0.2) is 0 Å². The van der Waals surface area contributed by atoms with E-state index in [0.29, 0.717) is 6.42 Å². The second-order valence-corrected chi connectivity index (χ2v) is 7.79. The minimum atomic E-state index is -0.260. The number of benzene rings is 1. The lowest BCUT2D eigenvalue weighted by molar-refractivity contribution is -0.118. The Hall–Kier alpha value is -1.44. The largest absolute Gasteiger partial charge is 0.370 e. The summed E-state index contributed by atoms with van der Waals surface area (Å²) in [5.74, 6) is 0.550. The Bertz CT molecular complexity index is 833. The first kappa shape index (κ1) is 16.4. The maximum Gasteiger partial charge on any atom is 0.217 e. The van der Waals surface area contributed by atoms with Crippen molar-refractivity contribution < 1.29 is 4.79 Å². The zero-order valence-electron chi connectivity index (χ0n) is 12.2. The SMILES string of the molecule is NC(=O)CCCSc1ncnc2scc(-c3ccc(Br)cc3)c12. The van der Waals surface area contributed by atoms with Gasteiger partial charge in [-0.05, 0) is 24.1 Å². The number of thioether (sulfide) groups is 1. The molecule has 0 saturated carbocycles. The number of hydrogen-bond donors (Lipinski definition) is 1. The zero-order valence-corrected chi connectivity index (χ0v) is 15.4. The molecular formula is C16H14BrN3OS2. The molecule has 2 heterocycles. The molecule has 0 saturated heterocycles. The summed E-state index contributed by atoms with van der Waals surface area (Å²) in [5, 5.41) is 4.17. The standard InChI is InChI=1S/C16H14BrN3OS2/c17-11-5-3-10(4-6-11)12-8-23-16-14(12)15(19-9-20-16)22-7-1-2-13(18)21/h3-6,8-9H,1-2,7H2,(H2,18,21). The molecule has 118 valence electrons.